The summed E-state index contributed by atoms with van der Waals surface area (Å²) in [7, 11) is 0. The summed E-state index contributed by atoms with van der Waals surface area (Å²) in [5.41, 5.74) is 2.45. The van der Waals surface area contributed by atoms with Gasteiger partial charge in [0.1, 0.15) is 5.82 Å². The minimum absolute atomic E-state index is 0.0218. The molecule has 1 aliphatic rings. The standard InChI is InChI=1S/C24H26ClN5O/c1-16-6-8-19(23-26-10-4-11-27-23)20(13-16)24(31)30-12-3-5-17(2)21(30)15-29-22-9-7-18(25)14-28-22/h4,6-11,13-14,17,21H,3,5,12,15H2,1-2H3,(H,28,29)/t17-,21-/m1/s1. The number of nitrogens with zero attached hydrogens (tertiary/aromatic N) is 4. The number of halogens is 1. The molecule has 1 fully saturated rings. The summed E-state index contributed by atoms with van der Waals surface area (Å²) in [4.78, 5) is 28.8. The fraction of sp³-hybridized carbons (Fsp3) is 0.333. The Morgan fingerprint density at radius 2 is 2.00 bits per heavy atom. The normalized spacial score (nSPS) is 18.6. The van der Waals surface area contributed by atoms with E-state index in [0.717, 1.165) is 36.3 Å². The lowest BCUT2D eigenvalue weighted by molar-refractivity contribution is 0.0540. The highest BCUT2D eigenvalue weighted by atomic mass is 35.5. The van der Waals surface area contributed by atoms with Crippen molar-refractivity contribution in [1.82, 2.24) is 19.9 Å². The van der Waals surface area contributed by atoms with Crippen LogP contribution in [0.5, 0.6) is 0 Å². The Kier molecular flexibility index (Phi) is 6.47. The van der Waals surface area contributed by atoms with Crippen molar-refractivity contribution in [2.24, 2.45) is 5.92 Å². The van der Waals surface area contributed by atoms with Gasteiger partial charge >= 0.3 is 0 Å². The molecule has 0 bridgehead atoms. The maximum atomic E-state index is 13.8. The molecule has 1 aromatic carbocycles. The highest BCUT2D eigenvalue weighted by Gasteiger charge is 2.33. The lowest BCUT2D eigenvalue weighted by Crippen LogP contribution is -2.51. The van der Waals surface area contributed by atoms with Gasteiger partial charge in [0.15, 0.2) is 5.82 Å². The van der Waals surface area contributed by atoms with Gasteiger partial charge in [-0.1, -0.05) is 36.2 Å². The Morgan fingerprint density at radius 1 is 1.19 bits per heavy atom. The van der Waals surface area contributed by atoms with Crippen molar-refractivity contribution < 1.29 is 4.79 Å². The first-order chi connectivity index (χ1) is 15.0. The molecule has 1 N–H and O–H groups in total. The van der Waals surface area contributed by atoms with E-state index in [1.165, 1.54) is 0 Å². The van der Waals surface area contributed by atoms with Gasteiger partial charge in [0, 0.05) is 37.2 Å². The van der Waals surface area contributed by atoms with Gasteiger partial charge in [0.25, 0.3) is 5.91 Å². The summed E-state index contributed by atoms with van der Waals surface area (Å²) in [6, 6.07) is 11.4. The molecule has 1 amide bonds. The third kappa shape index (κ3) is 4.85. The molecule has 1 saturated heterocycles. The number of aromatic nitrogens is 3. The number of pyridine rings is 1. The second-order valence-electron chi connectivity index (χ2n) is 8.05. The molecule has 0 radical (unpaired) electrons. The molecule has 0 aliphatic carbocycles. The second-order valence-corrected chi connectivity index (χ2v) is 8.49. The van der Waals surface area contributed by atoms with Gasteiger partial charge in [-0.05, 0) is 49.9 Å². The minimum Gasteiger partial charge on any atom is -0.368 e. The van der Waals surface area contributed by atoms with Crippen LogP contribution in [0.25, 0.3) is 11.4 Å². The van der Waals surface area contributed by atoms with Crippen LogP contribution in [-0.4, -0.2) is 44.9 Å². The third-order valence-corrected chi connectivity index (χ3v) is 6.03. The summed E-state index contributed by atoms with van der Waals surface area (Å²) in [6.07, 6.45) is 7.10. The average molecular weight is 436 g/mol. The topological polar surface area (TPSA) is 71.0 Å². The maximum Gasteiger partial charge on any atom is 0.254 e. The molecule has 3 heterocycles. The van der Waals surface area contributed by atoms with E-state index in [0.29, 0.717) is 28.9 Å². The molecule has 2 aromatic heterocycles. The maximum absolute atomic E-state index is 13.8. The Morgan fingerprint density at radius 3 is 2.74 bits per heavy atom. The number of hydrogen-bond acceptors (Lipinski definition) is 5. The Bertz CT molecular complexity index is 1040. The van der Waals surface area contributed by atoms with Gasteiger partial charge in [-0.15, -0.1) is 0 Å². The molecule has 0 unspecified atom stereocenters. The molecule has 2 atom stereocenters. The smallest absolute Gasteiger partial charge is 0.254 e. The first kappa shape index (κ1) is 21.2. The summed E-state index contributed by atoms with van der Waals surface area (Å²) in [5.74, 6) is 1.71. The van der Waals surface area contributed by atoms with E-state index < -0.39 is 0 Å². The SMILES string of the molecule is Cc1ccc(-c2ncccn2)c(C(=O)N2CCC[C@@H](C)[C@H]2CNc2ccc(Cl)cn2)c1. The summed E-state index contributed by atoms with van der Waals surface area (Å²) < 4.78 is 0. The van der Waals surface area contributed by atoms with E-state index in [2.05, 4.69) is 27.2 Å². The Labute approximate surface area is 187 Å². The number of aryl methyl sites for hydroxylation is 1. The predicted octanol–water partition coefficient (Wildman–Crippen LogP) is 4.85. The number of rotatable bonds is 5. The zero-order chi connectivity index (χ0) is 21.8. The molecular weight excluding hydrogens is 410 g/mol. The Balaban J connectivity index is 1.61. The summed E-state index contributed by atoms with van der Waals surface area (Å²) in [5, 5.41) is 3.98. The molecule has 160 valence electrons. The largest absolute Gasteiger partial charge is 0.368 e. The van der Waals surface area contributed by atoms with Gasteiger partial charge in [0.05, 0.1) is 16.6 Å². The van der Waals surface area contributed by atoms with Crippen LogP contribution >= 0.6 is 11.6 Å². The van der Waals surface area contributed by atoms with Crippen molar-refractivity contribution in [3.63, 3.8) is 0 Å². The highest BCUT2D eigenvalue weighted by Crippen LogP contribution is 2.29. The zero-order valence-electron chi connectivity index (χ0n) is 17.8. The van der Waals surface area contributed by atoms with Crippen LogP contribution in [0.1, 0.15) is 35.7 Å². The van der Waals surface area contributed by atoms with E-state index in [1.54, 1.807) is 24.7 Å². The van der Waals surface area contributed by atoms with Gasteiger partial charge < -0.3 is 10.2 Å². The molecule has 31 heavy (non-hydrogen) atoms. The number of benzene rings is 1. The molecule has 0 saturated carbocycles. The number of likely N-dealkylation sites (tertiary alicyclic amines) is 1. The molecule has 7 heteroatoms. The van der Waals surface area contributed by atoms with E-state index in [-0.39, 0.29) is 11.9 Å². The first-order valence-electron chi connectivity index (χ1n) is 10.6. The first-order valence-corrected chi connectivity index (χ1v) is 10.9. The van der Waals surface area contributed by atoms with Gasteiger partial charge in [-0.25, -0.2) is 15.0 Å². The van der Waals surface area contributed by atoms with Crippen LogP contribution in [0.4, 0.5) is 5.82 Å². The number of carbonyl (C=O) groups excluding carboxylic acids is 1. The van der Waals surface area contributed by atoms with Crippen LogP contribution in [0, 0.1) is 12.8 Å². The van der Waals surface area contributed by atoms with E-state index in [9.17, 15) is 4.79 Å². The molecule has 1 aliphatic heterocycles. The zero-order valence-corrected chi connectivity index (χ0v) is 18.5. The number of piperidine rings is 1. The van der Waals surface area contributed by atoms with Crippen molar-refractivity contribution in [1.29, 1.82) is 0 Å². The van der Waals surface area contributed by atoms with Crippen molar-refractivity contribution in [3.8, 4) is 11.4 Å². The quantitative estimate of drug-likeness (QED) is 0.620. The van der Waals surface area contributed by atoms with Gasteiger partial charge in [-0.2, -0.15) is 0 Å². The number of amides is 1. The molecule has 6 nitrogen and oxygen atoms in total. The van der Waals surface area contributed by atoms with Crippen molar-refractivity contribution in [2.75, 3.05) is 18.4 Å². The van der Waals surface area contributed by atoms with Crippen LogP contribution in [0.2, 0.25) is 5.02 Å². The fourth-order valence-corrected chi connectivity index (χ4v) is 4.24. The van der Waals surface area contributed by atoms with Gasteiger partial charge in [-0.3, -0.25) is 4.79 Å². The van der Waals surface area contributed by atoms with Crippen molar-refractivity contribution in [3.05, 3.63) is 71.1 Å². The lowest BCUT2D eigenvalue weighted by atomic mass is 9.89. The van der Waals surface area contributed by atoms with Crippen LogP contribution < -0.4 is 5.32 Å². The van der Waals surface area contributed by atoms with Crippen molar-refractivity contribution >= 4 is 23.3 Å². The summed E-state index contributed by atoms with van der Waals surface area (Å²) >= 11 is 5.94. The third-order valence-electron chi connectivity index (χ3n) is 5.81. The van der Waals surface area contributed by atoms with Crippen LogP contribution in [0.15, 0.2) is 55.0 Å². The Hall–Kier alpha value is -2.99. The monoisotopic (exact) mass is 435 g/mol. The number of nitrogens with one attached hydrogen (secondary N) is 1. The molecule has 0 spiro atoms. The minimum atomic E-state index is 0.0218. The molecule has 3 aromatic rings. The molecular formula is C24H26ClN5O. The lowest BCUT2D eigenvalue weighted by Gasteiger charge is -2.40. The molecule has 4 rings (SSSR count). The van der Waals surface area contributed by atoms with E-state index >= 15 is 0 Å². The van der Waals surface area contributed by atoms with Gasteiger partial charge in [0.2, 0.25) is 0 Å². The number of anilines is 1. The van der Waals surface area contributed by atoms with Crippen LogP contribution in [0.3, 0.4) is 0 Å². The average Bonchev–Trinajstić information content (AvgIpc) is 2.79. The van der Waals surface area contributed by atoms with E-state index in [4.69, 9.17) is 11.6 Å². The second kappa shape index (κ2) is 9.43. The number of carbonyl (C=O) groups is 1. The number of hydrogen-bond donors (Lipinski definition) is 1. The highest BCUT2D eigenvalue weighted by molar-refractivity contribution is 6.30. The predicted molar refractivity (Wildman–Crippen MR) is 123 cm³/mol. The summed E-state index contributed by atoms with van der Waals surface area (Å²) in [6.45, 7) is 5.56. The van der Waals surface area contributed by atoms with Crippen molar-refractivity contribution in [2.45, 2.75) is 32.7 Å². The van der Waals surface area contributed by atoms with Crippen LogP contribution in [-0.2, 0) is 0 Å². The van der Waals surface area contributed by atoms with E-state index in [1.807, 2.05) is 42.2 Å². The fourth-order valence-electron chi connectivity index (χ4n) is 4.12.